The second kappa shape index (κ2) is 6.81. The van der Waals surface area contributed by atoms with Crippen LogP contribution in [0.1, 0.15) is 23.6 Å². The minimum absolute atomic E-state index is 0.111. The Bertz CT molecular complexity index is 641. The van der Waals surface area contributed by atoms with Gasteiger partial charge in [0.15, 0.2) is 0 Å². The van der Waals surface area contributed by atoms with Crippen LogP contribution in [0.25, 0.3) is 0 Å². The number of hydrogen-bond acceptors (Lipinski definition) is 3. The quantitative estimate of drug-likeness (QED) is 0.898. The van der Waals surface area contributed by atoms with Crippen molar-refractivity contribution in [1.82, 2.24) is 0 Å². The molecule has 108 valence electrons. The highest BCUT2D eigenvalue weighted by molar-refractivity contribution is 5.62. The molecule has 3 heteroatoms. The van der Waals surface area contributed by atoms with Crippen LogP contribution in [-0.4, -0.2) is 12.6 Å². The molecule has 0 aliphatic heterocycles. The largest absolute Gasteiger partial charge is 0.491 e. The van der Waals surface area contributed by atoms with Gasteiger partial charge in [0.05, 0.1) is 17.3 Å². The topological polar surface area (TPSA) is 45.0 Å². The van der Waals surface area contributed by atoms with Crippen molar-refractivity contribution in [2.75, 3.05) is 11.9 Å². The molecule has 0 spiro atoms. The summed E-state index contributed by atoms with van der Waals surface area (Å²) in [7, 11) is 0. The van der Waals surface area contributed by atoms with E-state index < -0.39 is 0 Å². The van der Waals surface area contributed by atoms with Gasteiger partial charge in [-0.25, -0.2) is 0 Å². The summed E-state index contributed by atoms with van der Waals surface area (Å²) in [6.45, 7) is 6.64. The summed E-state index contributed by atoms with van der Waals surface area (Å²) in [6.07, 6.45) is 0. The maximum Gasteiger partial charge on any atom is 0.119 e. The first-order valence-corrected chi connectivity index (χ1v) is 7.06. The van der Waals surface area contributed by atoms with Crippen LogP contribution in [-0.2, 0) is 0 Å². The lowest BCUT2D eigenvalue weighted by atomic mass is 10.1. The molecule has 0 heterocycles. The fourth-order valence-electron chi connectivity index (χ4n) is 2.10. The molecule has 0 radical (unpaired) electrons. The Hall–Kier alpha value is -2.47. The van der Waals surface area contributed by atoms with E-state index in [-0.39, 0.29) is 6.04 Å². The predicted octanol–water partition coefficient (Wildman–Crippen LogP) is 4.05. The van der Waals surface area contributed by atoms with Crippen LogP contribution >= 0.6 is 0 Å². The number of hydrogen-bond donors (Lipinski definition) is 1. The third kappa shape index (κ3) is 4.00. The number of aryl methyl sites for hydroxylation is 2. The smallest absolute Gasteiger partial charge is 0.119 e. The van der Waals surface area contributed by atoms with Crippen molar-refractivity contribution in [3.05, 3.63) is 59.2 Å². The van der Waals surface area contributed by atoms with Crippen molar-refractivity contribution in [3.63, 3.8) is 0 Å². The Kier molecular flexibility index (Phi) is 4.84. The molecule has 2 aromatic carbocycles. The molecule has 0 aliphatic carbocycles. The van der Waals surface area contributed by atoms with Gasteiger partial charge < -0.3 is 10.1 Å². The van der Waals surface area contributed by atoms with Crippen LogP contribution in [0.4, 0.5) is 5.69 Å². The fourth-order valence-corrected chi connectivity index (χ4v) is 2.10. The minimum Gasteiger partial charge on any atom is -0.491 e. The monoisotopic (exact) mass is 280 g/mol. The van der Waals surface area contributed by atoms with Gasteiger partial charge in [0.2, 0.25) is 0 Å². The molecule has 3 nitrogen and oxygen atoms in total. The average Bonchev–Trinajstić information content (AvgIpc) is 2.49. The Morgan fingerprint density at radius 3 is 2.52 bits per heavy atom. The van der Waals surface area contributed by atoms with E-state index >= 15 is 0 Å². The van der Waals surface area contributed by atoms with E-state index in [2.05, 4.69) is 18.3 Å². The molecule has 2 aromatic rings. The van der Waals surface area contributed by atoms with Gasteiger partial charge in [-0.15, -0.1) is 0 Å². The van der Waals surface area contributed by atoms with E-state index in [4.69, 9.17) is 10.00 Å². The van der Waals surface area contributed by atoms with Gasteiger partial charge in [0, 0.05) is 0 Å². The fraction of sp³-hybridized carbons (Fsp3) is 0.278. The standard InChI is InChI=1S/C18H20N2O/c1-13-7-9-17(10-8-13)21-12-15(3)20-18-14(2)5-4-6-16(18)11-19/h4-10,15,20H,12H2,1-3H3. The second-order valence-electron chi connectivity index (χ2n) is 5.28. The zero-order valence-electron chi connectivity index (χ0n) is 12.7. The summed E-state index contributed by atoms with van der Waals surface area (Å²) in [5.41, 5.74) is 3.83. The van der Waals surface area contributed by atoms with Crippen molar-refractivity contribution in [2.45, 2.75) is 26.8 Å². The Morgan fingerprint density at radius 1 is 1.14 bits per heavy atom. The number of ether oxygens (including phenoxy) is 1. The highest BCUT2D eigenvalue weighted by atomic mass is 16.5. The average molecular weight is 280 g/mol. The van der Waals surface area contributed by atoms with Crippen molar-refractivity contribution in [2.24, 2.45) is 0 Å². The predicted molar refractivity (Wildman–Crippen MR) is 85.7 cm³/mol. The van der Waals surface area contributed by atoms with Gasteiger partial charge in [-0.3, -0.25) is 0 Å². The molecule has 2 rings (SSSR count). The molecule has 0 aliphatic rings. The van der Waals surface area contributed by atoms with E-state index in [1.165, 1.54) is 5.56 Å². The summed E-state index contributed by atoms with van der Waals surface area (Å²) >= 11 is 0. The molecule has 0 fully saturated rings. The van der Waals surface area contributed by atoms with Gasteiger partial charge in [-0.1, -0.05) is 29.8 Å². The van der Waals surface area contributed by atoms with E-state index in [9.17, 15) is 0 Å². The summed E-state index contributed by atoms with van der Waals surface area (Å²) in [6, 6.07) is 16.0. The number of anilines is 1. The number of nitrogens with one attached hydrogen (secondary N) is 1. The lowest BCUT2D eigenvalue weighted by molar-refractivity contribution is 0.304. The number of nitrogens with zero attached hydrogens (tertiary/aromatic N) is 1. The summed E-state index contributed by atoms with van der Waals surface area (Å²) in [5.74, 6) is 0.861. The molecule has 0 amide bonds. The van der Waals surface area contributed by atoms with Crippen molar-refractivity contribution in [1.29, 1.82) is 5.26 Å². The number of benzene rings is 2. The molecule has 0 bridgehead atoms. The highest BCUT2D eigenvalue weighted by Gasteiger charge is 2.09. The normalized spacial score (nSPS) is 11.5. The van der Waals surface area contributed by atoms with E-state index in [1.54, 1.807) is 0 Å². The second-order valence-corrected chi connectivity index (χ2v) is 5.28. The lowest BCUT2D eigenvalue weighted by Gasteiger charge is -2.18. The first-order chi connectivity index (χ1) is 10.1. The number of rotatable bonds is 5. The van der Waals surface area contributed by atoms with Crippen LogP contribution in [0.2, 0.25) is 0 Å². The zero-order chi connectivity index (χ0) is 15.2. The molecule has 1 N–H and O–H groups in total. The van der Waals surface area contributed by atoms with E-state index in [0.29, 0.717) is 12.2 Å². The van der Waals surface area contributed by atoms with Gasteiger partial charge in [0.25, 0.3) is 0 Å². The Balaban J connectivity index is 1.98. The molecule has 1 unspecified atom stereocenters. The SMILES string of the molecule is Cc1ccc(OCC(C)Nc2c(C)cccc2C#N)cc1. The number of nitriles is 1. The Morgan fingerprint density at radius 2 is 1.86 bits per heavy atom. The van der Waals surface area contributed by atoms with E-state index in [1.807, 2.05) is 56.3 Å². The van der Waals surface area contributed by atoms with Crippen LogP contribution in [0.5, 0.6) is 5.75 Å². The minimum atomic E-state index is 0.111. The van der Waals surface area contributed by atoms with Gasteiger partial charge in [-0.05, 0) is 44.5 Å². The van der Waals surface area contributed by atoms with Crippen LogP contribution in [0.15, 0.2) is 42.5 Å². The number of para-hydroxylation sites is 1. The first-order valence-electron chi connectivity index (χ1n) is 7.06. The maximum absolute atomic E-state index is 9.17. The highest BCUT2D eigenvalue weighted by Crippen LogP contribution is 2.21. The maximum atomic E-state index is 9.17. The molecule has 0 saturated carbocycles. The summed E-state index contributed by atoms with van der Waals surface area (Å²) in [4.78, 5) is 0. The molecule has 0 saturated heterocycles. The van der Waals surface area contributed by atoms with Gasteiger partial charge in [0.1, 0.15) is 18.4 Å². The third-order valence-corrected chi connectivity index (χ3v) is 3.30. The zero-order valence-corrected chi connectivity index (χ0v) is 12.7. The van der Waals surface area contributed by atoms with E-state index in [0.717, 1.165) is 17.0 Å². The third-order valence-electron chi connectivity index (χ3n) is 3.30. The van der Waals surface area contributed by atoms with Crippen molar-refractivity contribution < 1.29 is 4.74 Å². The van der Waals surface area contributed by atoms with Crippen molar-refractivity contribution >= 4 is 5.69 Å². The molecule has 21 heavy (non-hydrogen) atoms. The van der Waals surface area contributed by atoms with Crippen molar-refractivity contribution in [3.8, 4) is 11.8 Å². The molecule has 1 atom stereocenters. The van der Waals surface area contributed by atoms with Crippen LogP contribution in [0.3, 0.4) is 0 Å². The molecular formula is C18H20N2O. The Labute approximate surface area is 126 Å². The van der Waals surface area contributed by atoms with Crippen LogP contribution in [0, 0.1) is 25.2 Å². The lowest BCUT2D eigenvalue weighted by Crippen LogP contribution is -2.24. The first kappa shape index (κ1) is 14.9. The summed E-state index contributed by atoms with van der Waals surface area (Å²) < 4.78 is 5.76. The molecule has 0 aromatic heterocycles. The summed E-state index contributed by atoms with van der Waals surface area (Å²) in [5, 5.41) is 12.5. The van der Waals surface area contributed by atoms with Gasteiger partial charge in [-0.2, -0.15) is 5.26 Å². The van der Waals surface area contributed by atoms with Crippen LogP contribution < -0.4 is 10.1 Å². The van der Waals surface area contributed by atoms with Gasteiger partial charge >= 0.3 is 0 Å². The molecular weight excluding hydrogens is 260 g/mol.